The quantitative estimate of drug-likeness (QED) is 0.708. The number of rotatable bonds is 7. The number of carbonyl (C=O) groups excluding carboxylic acids is 1. The first-order valence-corrected chi connectivity index (χ1v) is 8.40. The zero-order chi connectivity index (χ0) is 15.9. The molecule has 0 aliphatic rings. The minimum absolute atomic E-state index is 0.00871. The van der Waals surface area contributed by atoms with Crippen LogP contribution in [0.2, 0.25) is 5.02 Å². The summed E-state index contributed by atoms with van der Waals surface area (Å²) in [5.74, 6) is 1.33. The summed E-state index contributed by atoms with van der Waals surface area (Å²) in [6.07, 6.45) is 0.967. The lowest BCUT2D eigenvalue weighted by Gasteiger charge is -2.10. The molecule has 3 nitrogen and oxygen atoms in total. The average molecular weight is 337 g/mol. The first-order chi connectivity index (χ1) is 10.7. The van der Waals surface area contributed by atoms with Gasteiger partial charge >= 0.3 is 0 Å². The van der Waals surface area contributed by atoms with E-state index in [1.165, 1.54) is 7.11 Å². The molecule has 0 saturated carbocycles. The molecule has 0 fully saturated rings. The van der Waals surface area contributed by atoms with Crippen molar-refractivity contribution in [2.75, 3.05) is 13.7 Å². The predicted molar refractivity (Wildman–Crippen MR) is 92.5 cm³/mol. The van der Waals surface area contributed by atoms with Crippen molar-refractivity contribution in [3.05, 3.63) is 53.1 Å². The van der Waals surface area contributed by atoms with Gasteiger partial charge in [0.1, 0.15) is 11.5 Å². The lowest BCUT2D eigenvalue weighted by Crippen LogP contribution is -2.04. The van der Waals surface area contributed by atoms with Gasteiger partial charge in [-0.15, -0.1) is 0 Å². The summed E-state index contributed by atoms with van der Waals surface area (Å²) in [5.41, 5.74) is 0.404. The van der Waals surface area contributed by atoms with Crippen molar-refractivity contribution in [2.24, 2.45) is 0 Å². The van der Waals surface area contributed by atoms with Gasteiger partial charge in [-0.05, 0) is 44.6 Å². The van der Waals surface area contributed by atoms with Crippen LogP contribution in [-0.4, -0.2) is 19.2 Å². The Kier molecular flexibility index (Phi) is 6.23. The van der Waals surface area contributed by atoms with Crippen molar-refractivity contribution >= 4 is 31.0 Å². The topological polar surface area (TPSA) is 35.5 Å². The van der Waals surface area contributed by atoms with Crippen LogP contribution in [0.25, 0.3) is 0 Å². The molecule has 0 spiro atoms. The fourth-order valence-corrected chi connectivity index (χ4v) is 3.25. The van der Waals surface area contributed by atoms with Crippen LogP contribution in [0.15, 0.2) is 42.5 Å². The molecule has 1 atom stereocenters. The molecule has 116 valence electrons. The Hall–Kier alpha value is -1.57. The third-order valence-electron chi connectivity index (χ3n) is 3.01. The number of ether oxygens (including phenoxy) is 2. The van der Waals surface area contributed by atoms with E-state index in [9.17, 15) is 4.79 Å². The van der Waals surface area contributed by atoms with E-state index in [0.717, 1.165) is 17.5 Å². The number of hydrogen-bond acceptors (Lipinski definition) is 3. The molecule has 0 saturated heterocycles. The zero-order valence-electron chi connectivity index (χ0n) is 12.6. The predicted octanol–water partition coefficient (Wildman–Crippen LogP) is 4.28. The maximum Gasteiger partial charge on any atom is 0.190 e. The Morgan fingerprint density at radius 2 is 1.91 bits per heavy atom. The van der Waals surface area contributed by atoms with Crippen LogP contribution in [-0.2, 0) is 0 Å². The smallest absolute Gasteiger partial charge is 0.190 e. The molecule has 1 unspecified atom stereocenters. The van der Waals surface area contributed by atoms with E-state index in [1.807, 2.05) is 24.3 Å². The highest BCUT2D eigenvalue weighted by molar-refractivity contribution is 7.66. The largest absolute Gasteiger partial charge is 0.496 e. The number of carbonyl (C=O) groups is 1. The maximum atomic E-state index is 12.5. The standard InChI is InChI=1S/C17H18ClO3P/c1-3-11-21-12-7-9-13(10-8-12)22-17(19)16-14(18)5-4-6-15(16)20-2/h4-10,22H,3,11H2,1-2H3. The van der Waals surface area contributed by atoms with Crippen LogP contribution < -0.4 is 14.8 Å². The minimum atomic E-state index is -0.0373. The Morgan fingerprint density at radius 1 is 1.18 bits per heavy atom. The van der Waals surface area contributed by atoms with Gasteiger partial charge < -0.3 is 9.47 Å². The Morgan fingerprint density at radius 3 is 2.55 bits per heavy atom. The Bertz CT molecular complexity index is 641. The van der Waals surface area contributed by atoms with Gasteiger partial charge in [0.2, 0.25) is 0 Å². The number of methoxy groups -OCH3 is 1. The van der Waals surface area contributed by atoms with Gasteiger partial charge in [0, 0.05) is 0 Å². The molecule has 0 N–H and O–H groups in total. The fraction of sp³-hybridized carbons (Fsp3) is 0.235. The number of benzene rings is 2. The molecule has 2 aromatic carbocycles. The highest BCUT2D eigenvalue weighted by Gasteiger charge is 2.16. The molecule has 0 amide bonds. The van der Waals surface area contributed by atoms with Crippen LogP contribution in [0.1, 0.15) is 23.7 Å². The number of halogens is 1. The van der Waals surface area contributed by atoms with E-state index >= 15 is 0 Å². The monoisotopic (exact) mass is 336 g/mol. The molecule has 5 heteroatoms. The van der Waals surface area contributed by atoms with Crippen molar-refractivity contribution in [3.63, 3.8) is 0 Å². The van der Waals surface area contributed by atoms with E-state index < -0.39 is 0 Å². The first-order valence-electron chi connectivity index (χ1n) is 7.02. The van der Waals surface area contributed by atoms with E-state index in [1.54, 1.807) is 18.2 Å². The third kappa shape index (κ3) is 4.22. The van der Waals surface area contributed by atoms with Crippen LogP contribution >= 0.6 is 20.2 Å². The lowest BCUT2D eigenvalue weighted by atomic mass is 10.2. The lowest BCUT2D eigenvalue weighted by molar-refractivity contribution is 0.108. The molecule has 0 radical (unpaired) electrons. The summed E-state index contributed by atoms with van der Waals surface area (Å²) in [6.45, 7) is 2.75. The van der Waals surface area contributed by atoms with E-state index in [-0.39, 0.29) is 14.1 Å². The summed E-state index contributed by atoms with van der Waals surface area (Å²) < 4.78 is 10.8. The molecular weight excluding hydrogens is 319 g/mol. The molecule has 22 heavy (non-hydrogen) atoms. The maximum absolute atomic E-state index is 12.5. The van der Waals surface area contributed by atoms with E-state index in [4.69, 9.17) is 21.1 Å². The third-order valence-corrected chi connectivity index (χ3v) is 4.42. The molecule has 0 aromatic heterocycles. The molecule has 0 heterocycles. The van der Waals surface area contributed by atoms with E-state index in [2.05, 4.69) is 6.92 Å². The van der Waals surface area contributed by atoms with Gasteiger partial charge in [-0.25, -0.2) is 0 Å². The highest BCUT2D eigenvalue weighted by Crippen LogP contribution is 2.32. The highest BCUT2D eigenvalue weighted by atomic mass is 35.5. The van der Waals surface area contributed by atoms with Gasteiger partial charge in [0.05, 0.1) is 24.3 Å². The fourth-order valence-electron chi connectivity index (χ4n) is 1.94. The van der Waals surface area contributed by atoms with Crippen molar-refractivity contribution in [2.45, 2.75) is 13.3 Å². The molecular formula is C17H18ClO3P. The average Bonchev–Trinajstić information content (AvgIpc) is 2.53. The van der Waals surface area contributed by atoms with Gasteiger partial charge in [0.25, 0.3) is 0 Å². The van der Waals surface area contributed by atoms with Crippen LogP contribution in [0, 0.1) is 0 Å². The SMILES string of the molecule is CCCOc1ccc(PC(=O)c2c(Cl)cccc2OC)cc1. The summed E-state index contributed by atoms with van der Waals surface area (Å²) in [6, 6.07) is 12.8. The second-order valence-electron chi connectivity index (χ2n) is 4.64. The second-order valence-corrected chi connectivity index (χ2v) is 6.33. The molecule has 2 rings (SSSR count). The number of hydrogen-bond donors (Lipinski definition) is 0. The minimum Gasteiger partial charge on any atom is -0.496 e. The normalized spacial score (nSPS) is 10.9. The van der Waals surface area contributed by atoms with Crippen LogP contribution in [0.5, 0.6) is 11.5 Å². The first kappa shape index (κ1) is 16.8. The second kappa shape index (κ2) is 8.17. The van der Waals surface area contributed by atoms with Gasteiger partial charge in [-0.3, -0.25) is 4.79 Å². The summed E-state index contributed by atoms with van der Waals surface area (Å²) in [5, 5.41) is 1.36. The molecule has 0 aliphatic heterocycles. The van der Waals surface area contributed by atoms with Crippen LogP contribution in [0.3, 0.4) is 0 Å². The summed E-state index contributed by atoms with van der Waals surface area (Å²) in [4.78, 5) is 12.5. The van der Waals surface area contributed by atoms with Crippen LogP contribution in [0.4, 0.5) is 0 Å². The summed E-state index contributed by atoms with van der Waals surface area (Å²) in [7, 11) is 1.52. The Labute approximate surface area is 137 Å². The van der Waals surface area contributed by atoms with E-state index in [0.29, 0.717) is 22.9 Å². The van der Waals surface area contributed by atoms with Crippen molar-refractivity contribution in [3.8, 4) is 11.5 Å². The summed E-state index contributed by atoms with van der Waals surface area (Å²) >= 11 is 6.14. The van der Waals surface area contributed by atoms with Gasteiger partial charge in [0.15, 0.2) is 5.52 Å². The van der Waals surface area contributed by atoms with Crippen molar-refractivity contribution in [1.29, 1.82) is 0 Å². The van der Waals surface area contributed by atoms with Gasteiger partial charge in [-0.2, -0.15) is 0 Å². The van der Waals surface area contributed by atoms with Crippen molar-refractivity contribution in [1.82, 2.24) is 0 Å². The van der Waals surface area contributed by atoms with Crippen molar-refractivity contribution < 1.29 is 14.3 Å². The molecule has 0 aliphatic carbocycles. The Balaban J connectivity index is 2.12. The van der Waals surface area contributed by atoms with Gasteiger partial charge in [-0.1, -0.05) is 36.7 Å². The molecule has 2 aromatic rings. The molecule has 0 bridgehead atoms. The zero-order valence-corrected chi connectivity index (χ0v) is 14.3.